The van der Waals surface area contributed by atoms with E-state index in [1.807, 2.05) is 31.2 Å². The van der Waals surface area contributed by atoms with Crippen molar-refractivity contribution in [1.29, 1.82) is 0 Å². The van der Waals surface area contributed by atoms with E-state index in [0.29, 0.717) is 18.3 Å². The van der Waals surface area contributed by atoms with Gasteiger partial charge in [0.05, 0.1) is 23.4 Å². The van der Waals surface area contributed by atoms with Crippen LogP contribution in [0.5, 0.6) is 0 Å². The van der Waals surface area contributed by atoms with Gasteiger partial charge in [0.1, 0.15) is 11.6 Å². The number of ether oxygens (including phenoxy) is 2. The summed E-state index contributed by atoms with van der Waals surface area (Å²) in [4.78, 5) is 16.1. The molecule has 0 unspecified atom stereocenters. The zero-order valence-electron chi connectivity index (χ0n) is 13.5. The minimum absolute atomic E-state index is 0.0437. The Morgan fingerprint density at radius 3 is 2.92 bits per heavy atom. The Morgan fingerprint density at radius 2 is 2.17 bits per heavy atom. The van der Waals surface area contributed by atoms with E-state index >= 15 is 0 Å². The first-order valence-corrected chi connectivity index (χ1v) is 8.57. The smallest absolute Gasteiger partial charge is 0.264 e. The normalized spacial score (nSPS) is 11.9. The Hall–Kier alpha value is -1.81. The van der Waals surface area contributed by atoms with Crippen LogP contribution in [0, 0.1) is 0 Å². The lowest BCUT2D eigenvalue weighted by Crippen LogP contribution is -2.50. The topological polar surface area (TPSA) is 84.5 Å². The third-order valence-electron chi connectivity index (χ3n) is 2.91. The molecule has 1 heterocycles. The predicted molar refractivity (Wildman–Crippen MR) is 97.6 cm³/mol. The maximum atomic E-state index is 11.7. The van der Waals surface area contributed by atoms with Gasteiger partial charge in [-0.25, -0.2) is 4.98 Å². The number of hydrogen-bond acceptors (Lipinski definition) is 6. The molecule has 0 aliphatic rings. The fourth-order valence-electron chi connectivity index (χ4n) is 1.93. The Balaban J connectivity index is 1.65. The van der Waals surface area contributed by atoms with E-state index < -0.39 is 0 Å². The molecule has 1 atom stereocenters. The number of amides is 1. The molecule has 3 N–H and O–H groups in total. The van der Waals surface area contributed by atoms with Crippen molar-refractivity contribution in [3.63, 3.8) is 0 Å². The Morgan fingerprint density at radius 1 is 1.38 bits per heavy atom. The minimum atomic E-state index is -0.320. The van der Waals surface area contributed by atoms with Gasteiger partial charge in [-0.15, -0.1) is 11.3 Å². The largest absolute Gasteiger partial charge is 0.383 e. The maximum absolute atomic E-state index is 11.7. The van der Waals surface area contributed by atoms with Gasteiger partial charge >= 0.3 is 0 Å². The van der Waals surface area contributed by atoms with Gasteiger partial charge in [-0.2, -0.15) is 0 Å². The number of hydrazine groups is 1. The molecule has 7 nitrogen and oxygen atoms in total. The maximum Gasteiger partial charge on any atom is 0.264 e. The standard InChI is InChI=1S/C15H20N4O3S2/c1-10(7-21-2)16-15(23)19-18-13(20)8-22-9-14-17-11-5-3-4-6-12(11)24-14/h3-6,10H,7-9H2,1-2H3,(H,18,20)(H2,16,19,23)/t10-/m1/s1. The summed E-state index contributed by atoms with van der Waals surface area (Å²) >= 11 is 6.60. The number of methoxy groups -OCH3 is 1. The van der Waals surface area contributed by atoms with Crippen LogP contribution >= 0.6 is 23.6 Å². The van der Waals surface area contributed by atoms with Crippen molar-refractivity contribution in [2.75, 3.05) is 20.3 Å². The molecular formula is C15H20N4O3S2. The first-order valence-electron chi connectivity index (χ1n) is 7.35. The van der Waals surface area contributed by atoms with Gasteiger partial charge in [0, 0.05) is 13.2 Å². The van der Waals surface area contributed by atoms with Crippen LogP contribution in [0.25, 0.3) is 10.2 Å². The number of fused-ring (bicyclic) bond motifs is 1. The van der Waals surface area contributed by atoms with Crippen molar-refractivity contribution >= 4 is 44.8 Å². The van der Waals surface area contributed by atoms with Gasteiger partial charge in [-0.05, 0) is 31.3 Å². The molecule has 0 spiro atoms. The number of thiocarbonyl (C=S) groups is 1. The Kier molecular flexibility index (Phi) is 7.32. The molecule has 1 aromatic carbocycles. The van der Waals surface area contributed by atoms with Gasteiger partial charge in [-0.3, -0.25) is 15.6 Å². The average molecular weight is 368 g/mol. The predicted octanol–water partition coefficient (Wildman–Crippen LogP) is 1.34. The van der Waals surface area contributed by atoms with Crippen LogP contribution in [0.2, 0.25) is 0 Å². The molecule has 1 amide bonds. The number of para-hydroxylation sites is 1. The molecule has 0 saturated heterocycles. The fraction of sp³-hybridized carbons (Fsp3) is 0.400. The summed E-state index contributed by atoms with van der Waals surface area (Å²) < 4.78 is 11.5. The molecular weight excluding hydrogens is 348 g/mol. The van der Waals surface area contributed by atoms with Crippen molar-refractivity contribution in [1.82, 2.24) is 21.2 Å². The second-order valence-corrected chi connectivity index (χ2v) is 6.59. The van der Waals surface area contributed by atoms with Crippen molar-refractivity contribution in [3.8, 4) is 0 Å². The highest BCUT2D eigenvalue weighted by Crippen LogP contribution is 2.21. The van der Waals surface area contributed by atoms with Crippen molar-refractivity contribution in [2.24, 2.45) is 0 Å². The molecule has 2 aromatic rings. The molecule has 0 bridgehead atoms. The summed E-state index contributed by atoms with van der Waals surface area (Å²) in [5.41, 5.74) is 6.02. The molecule has 0 fully saturated rings. The first-order chi connectivity index (χ1) is 11.6. The lowest BCUT2D eigenvalue weighted by molar-refractivity contribution is -0.126. The van der Waals surface area contributed by atoms with E-state index in [2.05, 4.69) is 21.2 Å². The first kappa shape index (κ1) is 18.5. The van der Waals surface area contributed by atoms with Crippen LogP contribution in [0.15, 0.2) is 24.3 Å². The van der Waals surface area contributed by atoms with Crippen molar-refractivity contribution in [3.05, 3.63) is 29.3 Å². The quantitative estimate of drug-likeness (QED) is 0.502. The summed E-state index contributed by atoms with van der Waals surface area (Å²) in [5, 5.41) is 4.12. The third-order valence-corrected chi connectivity index (χ3v) is 4.14. The average Bonchev–Trinajstić information content (AvgIpc) is 2.96. The highest BCUT2D eigenvalue weighted by atomic mass is 32.1. The van der Waals surface area contributed by atoms with Gasteiger partial charge in [0.25, 0.3) is 5.91 Å². The highest BCUT2D eigenvalue weighted by Gasteiger charge is 2.07. The number of benzene rings is 1. The molecule has 0 saturated carbocycles. The lowest BCUT2D eigenvalue weighted by atomic mass is 10.3. The van der Waals surface area contributed by atoms with Crippen LogP contribution < -0.4 is 16.2 Å². The summed E-state index contributed by atoms with van der Waals surface area (Å²) in [6.45, 7) is 2.64. The molecule has 130 valence electrons. The Bertz CT molecular complexity index is 659. The lowest BCUT2D eigenvalue weighted by Gasteiger charge is -2.16. The number of hydrogen-bond donors (Lipinski definition) is 3. The summed E-state index contributed by atoms with van der Waals surface area (Å²) in [5.74, 6) is -0.320. The number of carbonyl (C=O) groups is 1. The van der Waals surface area contributed by atoms with Gasteiger partial charge < -0.3 is 14.8 Å². The van der Waals surface area contributed by atoms with E-state index in [4.69, 9.17) is 21.7 Å². The van der Waals surface area contributed by atoms with E-state index in [1.54, 1.807) is 18.4 Å². The molecule has 24 heavy (non-hydrogen) atoms. The number of carbonyl (C=O) groups excluding carboxylic acids is 1. The van der Waals surface area contributed by atoms with Gasteiger partial charge in [0.2, 0.25) is 0 Å². The van der Waals surface area contributed by atoms with E-state index in [1.165, 1.54) is 0 Å². The summed E-state index contributed by atoms with van der Waals surface area (Å²) in [6, 6.07) is 7.91. The third kappa shape index (κ3) is 6.00. The zero-order chi connectivity index (χ0) is 17.4. The number of rotatable bonds is 7. The molecule has 2 rings (SSSR count). The number of thiazole rings is 1. The Labute approximate surface area is 149 Å². The molecule has 1 aromatic heterocycles. The van der Waals surface area contributed by atoms with Crippen LogP contribution in [0.1, 0.15) is 11.9 Å². The van der Waals surface area contributed by atoms with Gasteiger partial charge in [0.15, 0.2) is 5.11 Å². The molecule has 0 aliphatic heterocycles. The van der Waals surface area contributed by atoms with E-state index in [0.717, 1.165) is 15.2 Å². The van der Waals surface area contributed by atoms with Crippen LogP contribution in [-0.2, 0) is 20.9 Å². The zero-order valence-corrected chi connectivity index (χ0v) is 15.1. The number of nitrogens with one attached hydrogen (secondary N) is 3. The second-order valence-electron chi connectivity index (χ2n) is 5.07. The number of nitrogens with zero attached hydrogens (tertiary/aromatic N) is 1. The highest BCUT2D eigenvalue weighted by molar-refractivity contribution is 7.80. The van der Waals surface area contributed by atoms with Crippen molar-refractivity contribution in [2.45, 2.75) is 19.6 Å². The molecule has 9 heteroatoms. The monoisotopic (exact) mass is 368 g/mol. The second kappa shape index (κ2) is 9.48. The fourth-order valence-corrected chi connectivity index (χ4v) is 3.08. The number of aromatic nitrogens is 1. The SMILES string of the molecule is COC[C@@H](C)NC(=S)NNC(=O)COCc1nc2ccccc2s1. The van der Waals surface area contributed by atoms with Crippen molar-refractivity contribution < 1.29 is 14.3 Å². The van der Waals surface area contributed by atoms with Crippen LogP contribution in [0.4, 0.5) is 0 Å². The van der Waals surface area contributed by atoms with E-state index in [-0.39, 0.29) is 18.6 Å². The molecule has 0 radical (unpaired) electrons. The minimum Gasteiger partial charge on any atom is -0.383 e. The van der Waals surface area contributed by atoms with Crippen LogP contribution in [-0.4, -0.2) is 42.4 Å². The molecule has 0 aliphatic carbocycles. The summed E-state index contributed by atoms with van der Waals surface area (Å²) in [6.07, 6.45) is 0. The van der Waals surface area contributed by atoms with E-state index in [9.17, 15) is 4.79 Å². The van der Waals surface area contributed by atoms with Gasteiger partial charge in [-0.1, -0.05) is 12.1 Å². The van der Waals surface area contributed by atoms with Crippen LogP contribution in [0.3, 0.4) is 0 Å². The summed E-state index contributed by atoms with van der Waals surface area (Å²) in [7, 11) is 1.61.